The van der Waals surface area contributed by atoms with Gasteiger partial charge in [0.15, 0.2) is 11.7 Å². The third kappa shape index (κ3) is 6.87. The molecule has 0 amide bonds. The van der Waals surface area contributed by atoms with Crippen molar-refractivity contribution >= 4 is 17.3 Å². The fraction of sp³-hybridized carbons (Fsp3) is 0.412. The van der Waals surface area contributed by atoms with Crippen molar-refractivity contribution in [3.8, 4) is 0 Å². The first kappa shape index (κ1) is 22.9. The third-order valence-electron chi connectivity index (χ3n) is 3.60. The minimum atomic E-state index is -4.72. The topological polar surface area (TPSA) is 49.3 Å². The van der Waals surface area contributed by atoms with E-state index in [0.29, 0.717) is 12.6 Å². The first-order valence-corrected chi connectivity index (χ1v) is 9.28. The van der Waals surface area contributed by atoms with E-state index in [1.54, 1.807) is 6.92 Å². The number of rotatable bonds is 6. The van der Waals surface area contributed by atoms with Crippen molar-refractivity contribution in [2.75, 3.05) is 13.1 Å². The van der Waals surface area contributed by atoms with Gasteiger partial charge >= 0.3 is 12.4 Å². The molecule has 2 rings (SSSR count). The second kappa shape index (κ2) is 9.42. The Morgan fingerprint density at radius 2 is 1.83 bits per heavy atom. The number of benzene rings is 1. The van der Waals surface area contributed by atoms with Gasteiger partial charge in [-0.1, -0.05) is 6.07 Å². The molecular weight excluding hydrogens is 425 g/mol. The molecule has 0 unspecified atom stereocenters. The molecule has 0 aliphatic rings. The highest BCUT2D eigenvalue weighted by molar-refractivity contribution is 7.09. The second-order valence-electron chi connectivity index (χ2n) is 5.80. The molecule has 4 nitrogen and oxygen atoms in total. The Morgan fingerprint density at radius 1 is 1.10 bits per heavy atom. The standard InChI is InChI=1S/C17H17F7N4S/c1-2-25-15(26-6-5-14-28-13(9-29-14)17(22,23)24)27-8-10-3-4-11(18)7-12(10)16(19,20)21/h3-4,7,9H,2,5-6,8H2,1H3,(H2,25,26,27). The van der Waals surface area contributed by atoms with E-state index in [4.69, 9.17) is 0 Å². The summed E-state index contributed by atoms with van der Waals surface area (Å²) in [6.45, 7) is 1.97. The fourth-order valence-electron chi connectivity index (χ4n) is 2.30. The van der Waals surface area contributed by atoms with Gasteiger partial charge in [-0.05, 0) is 24.6 Å². The summed E-state index contributed by atoms with van der Waals surface area (Å²) in [5, 5.41) is 6.83. The number of aromatic nitrogens is 1. The monoisotopic (exact) mass is 442 g/mol. The molecule has 2 aromatic rings. The molecule has 29 heavy (non-hydrogen) atoms. The van der Waals surface area contributed by atoms with E-state index >= 15 is 0 Å². The Morgan fingerprint density at radius 3 is 2.41 bits per heavy atom. The zero-order valence-corrected chi connectivity index (χ0v) is 15.9. The molecule has 1 aromatic carbocycles. The summed E-state index contributed by atoms with van der Waals surface area (Å²) in [6, 6.07) is 2.34. The summed E-state index contributed by atoms with van der Waals surface area (Å²) in [7, 11) is 0. The Bertz CT molecular complexity index is 843. The highest BCUT2D eigenvalue weighted by atomic mass is 32.1. The molecular formula is C17H17F7N4S. The molecule has 0 fully saturated rings. The minimum Gasteiger partial charge on any atom is -0.357 e. The fourth-order valence-corrected chi connectivity index (χ4v) is 3.11. The summed E-state index contributed by atoms with van der Waals surface area (Å²) < 4.78 is 90.0. The van der Waals surface area contributed by atoms with Gasteiger partial charge in [0.2, 0.25) is 0 Å². The van der Waals surface area contributed by atoms with Crippen LogP contribution in [-0.2, 0) is 25.3 Å². The summed E-state index contributed by atoms with van der Waals surface area (Å²) in [6.07, 6.45) is -9.06. The molecule has 160 valence electrons. The first-order chi connectivity index (χ1) is 13.5. The highest BCUT2D eigenvalue weighted by Crippen LogP contribution is 2.33. The van der Waals surface area contributed by atoms with Gasteiger partial charge in [-0.3, -0.25) is 0 Å². The average Bonchev–Trinajstić information content (AvgIpc) is 3.09. The molecule has 12 heteroatoms. The number of halogens is 7. The van der Waals surface area contributed by atoms with Gasteiger partial charge < -0.3 is 10.6 Å². The van der Waals surface area contributed by atoms with Crippen LogP contribution < -0.4 is 10.6 Å². The predicted molar refractivity (Wildman–Crippen MR) is 95.0 cm³/mol. The van der Waals surface area contributed by atoms with Gasteiger partial charge in [-0.15, -0.1) is 11.3 Å². The number of nitrogens with one attached hydrogen (secondary N) is 2. The van der Waals surface area contributed by atoms with Crippen molar-refractivity contribution < 1.29 is 30.7 Å². The van der Waals surface area contributed by atoms with Gasteiger partial charge in [-0.2, -0.15) is 26.3 Å². The number of hydrogen-bond donors (Lipinski definition) is 2. The Balaban J connectivity index is 2.03. The van der Waals surface area contributed by atoms with Crippen LogP contribution in [0, 0.1) is 5.82 Å². The molecule has 0 saturated heterocycles. The average molecular weight is 442 g/mol. The predicted octanol–water partition coefficient (Wildman–Crippen LogP) is 4.62. The van der Waals surface area contributed by atoms with Gasteiger partial charge in [0, 0.05) is 24.9 Å². The quantitative estimate of drug-likeness (QED) is 0.390. The maximum Gasteiger partial charge on any atom is 0.434 e. The molecule has 0 saturated carbocycles. The minimum absolute atomic E-state index is 0.173. The third-order valence-corrected chi connectivity index (χ3v) is 4.51. The van der Waals surface area contributed by atoms with E-state index in [-0.39, 0.29) is 36.0 Å². The smallest absolute Gasteiger partial charge is 0.357 e. The van der Waals surface area contributed by atoms with Crippen molar-refractivity contribution in [2.24, 2.45) is 4.99 Å². The van der Waals surface area contributed by atoms with E-state index in [1.807, 2.05) is 0 Å². The van der Waals surface area contributed by atoms with Crippen molar-refractivity contribution in [2.45, 2.75) is 32.2 Å². The molecule has 2 N–H and O–H groups in total. The van der Waals surface area contributed by atoms with Crippen molar-refractivity contribution in [1.82, 2.24) is 15.6 Å². The van der Waals surface area contributed by atoms with Crippen LogP contribution in [0.15, 0.2) is 28.6 Å². The SMILES string of the molecule is CCNC(=NCc1ccc(F)cc1C(F)(F)F)NCCc1nc(C(F)(F)F)cs1. The van der Waals surface area contributed by atoms with E-state index < -0.39 is 29.4 Å². The maximum atomic E-state index is 13.2. The van der Waals surface area contributed by atoms with Crippen molar-refractivity contribution in [1.29, 1.82) is 0 Å². The van der Waals surface area contributed by atoms with Crippen LogP contribution in [-0.4, -0.2) is 24.0 Å². The summed E-state index contributed by atoms with van der Waals surface area (Å²) >= 11 is 0.866. The maximum absolute atomic E-state index is 13.2. The van der Waals surface area contributed by atoms with Crippen LogP contribution in [0.5, 0.6) is 0 Å². The molecule has 0 radical (unpaired) electrons. The van der Waals surface area contributed by atoms with E-state index in [2.05, 4.69) is 20.6 Å². The summed E-state index contributed by atoms with van der Waals surface area (Å²) in [5.41, 5.74) is -2.28. The molecule has 1 aromatic heterocycles. The van der Waals surface area contributed by atoms with Crippen LogP contribution in [0.25, 0.3) is 0 Å². The van der Waals surface area contributed by atoms with Crippen LogP contribution >= 0.6 is 11.3 Å². The van der Waals surface area contributed by atoms with Gasteiger partial charge in [0.25, 0.3) is 0 Å². The number of alkyl halides is 6. The lowest BCUT2D eigenvalue weighted by Gasteiger charge is -2.13. The zero-order valence-electron chi connectivity index (χ0n) is 15.1. The van der Waals surface area contributed by atoms with Gasteiger partial charge in [-0.25, -0.2) is 14.4 Å². The molecule has 0 spiro atoms. The number of guanidine groups is 1. The Labute approximate surface area is 165 Å². The van der Waals surface area contributed by atoms with Crippen LogP contribution in [0.2, 0.25) is 0 Å². The number of nitrogens with zero attached hydrogens (tertiary/aromatic N) is 2. The highest BCUT2D eigenvalue weighted by Gasteiger charge is 2.34. The van der Waals surface area contributed by atoms with Crippen molar-refractivity contribution in [3.05, 3.63) is 51.2 Å². The first-order valence-electron chi connectivity index (χ1n) is 8.40. The van der Waals surface area contributed by atoms with E-state index in [0.717, 1.165) is 28.8 Å². The lowest BCUT2D eigenvalue weighted by Crippen LogP contribution is -2.38. The molecule has 0 atom stereocenters. The van der Waals surface area contributed by atoms with Crippen molar-refractivity contribution in [3.63, 3.8) is 0 Å². The van der Waals surface area contributed by atoms with E-state index in [9.17, 15) is 30.7 Å². The second-order valence-corrected chi connectivity index (χ2v) is 6.74. The molecule has 0 aliphatic heterocycles. The number of aliphatic imine (C=N–C) groups is 1. The zero-order chi connectivity index (χ0) is 21.7. The molecule has 0 aliphatic carbocycles. The summed E-state index contributed by atoms with van der Waals surface area (Å²) in [4.78, 5) is 7.54. The van der Waals surface area contributed by atoms with Gasteiger partial charge in [0.1, 0.15) is 5.82 Å². The number of hydrogen-bond acceptors (Lipinski definition) is 3. The van der Waals surface area contributed by atoms with Crippen LogP contribution in [0.4, 0.5) is 30.7 Å². The lowest BCUT2D eigenvalue weighted by atomic mass is 10.1. The normalized spacial score (nSPS) is 12.9. The van der Waals surface area contributed by atoms with Gasteiger partial charge in [0.05, 0.1) is 17.1 Å². The summed E-state index contributed by atoms with van der Waals surface area (Å²) in [5.74, 6) is -0.825. The van der Waals surface area contributed by atoms with E-state index in [1.165, 1.54) is 0 Å². The van der Waals surface area contributed by atoms with Crippen LogP contribution in [0.3, 0.4) is 0 Å². The largest absolute Gasteiger partial charge is 0.434 e. The Kier molecular flexibility index (Phi) is 7.44. The number of thiazole rings is 1. The Hall–Kier alpha value is -2.37. The lowest BCUT2D eigenvalue weighted by molar-refractivity contribution is -0.141. The van der Waals surface area contributed by atoms with Crippen LogP contribution in [0.1, 0.15) is 28.8 Å². The molecule has 0 bridgehead atoms. The molecule has 1 heterocycles.